The molecule has 1 aromatic rings. The van der Waals surface area contributed by atoms with Crippen LogP contribution in [0.3, 0.4) is 0 Å². The molecule has 3 N–H and O–H groups in total. The van der Waals surface area contributed by atoms with E-state index >= 15 is 0 Å². The van der Waals surface area contributed by atoms with Gasteiger partial charge in [-0.2, -0.15) is 0 Å². The molecule has 0 spiro atoms. The molecule has 0 aliphatic carbocycles. The van der Waals surface area contributed by atoms with Crippen molar-refractivity contribution in [2.45, 2.75) is 33.2 Å². The number of rotatable bonds is 5. The minimum Gasteiger partial charge on any atom is -0.478 e. The number of carbonyl (C=O) groups is 2. The Balaban J connectivity index is 2.98. The molecule has 6 nitrogen and oxygen atoms in total. The molecular weight excluding hydrogens is 272 g/mol. The second kappa shape index (κ2) is 6.58. The Morgan fingerprint density at radius 1 is 1.29 bits per heavy atom. The van der Waals surface area contributed by atoms with Crippen molar-refractivity contribution in [2.24, 2.45) is 0 Å². The lowest BCUT2D eigenvalue weighted by Crippen LogP contribution is -2.48. The largest absolute Gasteiger partial charge is 0.478 e. The summed E-state index contributed by atoms with van der Waals surface area (Å²) in [5.41, 5.74) is 1.36. The van der Waals surface area contributed by atoms with Crippen molar-refractivity contribution in [3.8, 4) is 0 Å². The zero-order valence-electron chi connectivity index (χ0n) is 13.0. The molecule has 116 valence electrons. The minimum atomic E-state index is -1.08. The van der Waals surface area contributed by atoms with Crippen molar-refractivity contribution in [1.82, 2.24) is 5.32 Å². The second-order valence-corrected chi connectivity index (χ2v) is 5.71. The first-order valence-electron chi connectivity index (χ1n) is 6.59. The number of urea groups is 1. The van der Waals surface area contributed by atoms with Crippen LogP contribution in [0.15, 0.2) is 12.1 Å². The maximum absolute atomic E-state index is 12.0. The van der Waals surface area contributed by atoms with Gasteiger partial charge in [0.25, 0.3) is 0 Å². The Morgan fingerprint density at radius 3 is 2.43 bits per heavy atom. The SMILES string of the molecule is COCC(C)(C)NC(=O)Nc1c(C)cc(C)cc1C(=O)O. The molecule has 0 aromatic heterocycles. The molecule has 0 saturated heterocycles. The van der Waals surface area contributed by atoms with E-state index < -0.39 is 17.5 Å². The molecule has 21 heavy (non-hydrogen) atoms. The molecule has 0 aliphatic rings. The van der Waals surface area contributed by atoms with Crippen LogP contribution in [-0.2, 0) is 4.74 Å². The van der Waals surface area contributed by atoms with Crippen LogP contribution >= 0.6 is 0 Å². The summed E-state index contributed by atoms with van der Waals surface area (Å²) in [4.78, 5) is 23.3. The molecule has 1 rings (SSSR count). The third-order valence-electron chi connectivity index (χ3n) is 2.91. The van der Waals surface area contributed by atoms with Gasteiger partial charge in [0, 0.05) is 7.11 Å². The number of methoxy groups -OCH3 is 1. The van der Waals surface area contributed by atoms with Crippen LogP contribution in [0.2, 0.25) is 0 Å². The van der Waals surface area contributed by atoms with Gasteiger partial charge in [-0.15, -0.1) is 0 Å². The van der Waals surface area contributed by atoms with Crippen LogP contribution in [0.4, 0.5) is 10.5 Å². The molecule has 1 aromatic carbocycles. The fraction of sp³-hybridized carbons (Fsp3) is 0.467. The molecule has 0 atom stereocenters. The number of anilines is 1. The van der Waals surface area contributed by atoms with Gasteiger partial charge in [-0.3, -0.25) is 0 Å². The fourth-order valence-electron chi connectivity index (χ4n) is 2.15. The highest BCUT2D eigenvalue weighted by atomic mass is 16.5. The molecular formula is C15H22N2O4. The van der Waals surface area contributed by atoms with Crippen LogP contribution in [0.5, 0.6) is 0 Å². The predicted octanol–water partition coefficient (Wildman–Crippen LogP) is 2.55. The first kappa shape index (κ1) is 17.0. The summed E-state index contributed by atoms with van der Waals surface area (Å²) in [7, 11) is 1.55. The summed E-state index contributed by atoms with van der Waals surface area (Å²) in [5, 5.41) is 14.6. The third kappa shape index (κ3) is 4.75. The standard InChI is InChI=1S/C15H22N2O4/c1-9-6-10(2)12(11(7-9)13(18)19)16-14(20)17-15(3,4)8-21-5/h6-7H,8H2,1-5H3,(H,18,19)(H2,16,17,20). The quantitative estimate of drug-likeness (QED) is 0.778. The molecule has 2 amide bonds. The van der Waals surface area contributed by atoms with E-state index in [1.165, 1.54) is 6.07 Å². The van der Waals surface area contributed by atoms with Crippen LogP contribution < -0.4 is 10.6 Å². The lowest BCUT2D eigenvalue weighted by molar-refractivity contribution is 0.0698. The van der Waals surface area contributed by atoms with E-state index in [1.54, 1.807) is 14.0 Å². The minimum absolute atomic E-state index is 0.0761. The van der Waals surface area contributed by atoms with E-state index in [0.29, 0.717) is 17.9 Å². The fourth-order valence-corrected chi connectivity index (χ4v) is 2.15. The van der Waals surface area contributed by atoms with Crippen molar-refractivity contribution in [3.63, 3.8) is 0 Å². The van der Waals surface area contributed by atoms with Crippen molar-refractivity contribution in [2.75, 3.05) is 19.0 Å². The Morgan fingerprint density at radius 2 is 1.90 bits per heavy atom. The summed E-state index contributed by atoms with van der Waals surface area (Å²) < 4.78 is 5.02. The van der Waals surface area contributed by atoms with Gasteiger partial charge in [0.2, 0.25) is 0 Å². The van der Waals surface area contributed by atoms with E-state index in [9.17, 15) is 14.7 Å². The van der Waals surface area contributed by atoms with Gasteiger partial charge >= 0.3 is 12.0 Å². The lowest BCUT2D eigenvalue weighted by Gasteiger charge is -2.25. The number of carbonyl (C=O) groups excluding carboxylic acids is 1. The number of ether oxygens (including phenoxy) is 1. The van der Waals surface area contributed by atoms with E-state index in [1.807, 2.05) is 26.8 Å². The number of benzene rings is 1. The number of amides is 2. The Labute approximate surface area is 124 Å². The van der Waals surface area contributed by atoms with Gasteiger partial charge < -0.3 is 20.5 Å². The number of aryl methyl sites for hydroxylation is 2. The molecule has 0 unspecified atom stereocenters. The molecule has 0 heterocycles. The maximum Gasteiger partial charge on any atom is 0.337 e. The van der Waals surface area contributed by atoms with Crippen LogP contribution in [0.1, 0.15) is 35.3 Å². The van der Waals surface area contributed by atoms with Gasteiger partial charge in [0.15, 0.2) is 0 Å². The molecule has 0 radical (unpaired) electrons. The normalized spacial score (nSPS) is 11.1. The average Bonchev–Trinajstić information content (AvgIpc) is 2.30. The molecule has 0 bridgehead atoms. The maximum atomic E-state index is 12.0. The zero-order chi connectivity index (χ0) is 16.2. The first-order valence-corrected chi connectivity index (χ1v) is 6.59. The van der Waals surface area contributed by atoms with E-state index in [4.69, 9.17) is 4.74 Å². The van der Waals surface area contributed by atoms with E-state index in [0.717, 1.165) is 5.56 Å². The summed E-state index contributed by atoms with van der Waals surface area (Å²) in [5.74, 6) is -1.08. The molecule has 0 fully saturated rings. The number of nitrogens with one attached hydrogen (secondary N) is 2. The van der Waals surface area contributed by atoms with E-state index in [2.05, 4.69) is 10.6 Å². The number of aromatic carboxylic acids is 1. The number of hydrogen-bond donors (Lipinski definition) is 3. The molecule has 0 saturated carbocycles. The number of hydrogen-bond acceptors (Lipinski definition) is 3. The molecule has 6 heteroatoms. The monoisotopic (exact) mass is 294 g/mol. The highest BCUT2D eigenvalue weighted by molar-refractivity contribution is 6.01. The average molecular weight is 294 g/mol. The Hall–Kier alpha value is -2.08. The lowest BCUT2D eigenvalue weighted by atomic mass is 10.0. The van der Waals surface area contributed by atoms with Crippen molar-refractivity contribution in [1.29, 1.82) is 0 Å². The van der Waals surface area contributed by atoms with Crippen LogP contribution in [-0.4, -0.2) is 36.4 Å². The summed E-state index contributed by atoms with van der Waals surface area (Å²) in [6, 6.07) is 2.89. The van der Waals surface area contributed by atoms with Gasteiger partial charge in [-0.25, -0.2) is 9.59 Å². The van der Waals surface area contributed by atoms with Crippen LogP contribution in [0.25, 0.3) is 0 Å². The Bertz CT molecular complexity index is 553. The van der Waals surface area contributed by atoms with Gasteiger partial charge in [-0.1, -0.05) is 6.07 Å². The highest BCUT2D eigenvalue weighted by Crippen LogP contribution is 2.23. The predicted molar refractivity (Wildman–Crippen MR) is 81.0 cm³/mol. The highest BCUT2D eigenvalue weighted by Gasteiger charge is 2.22. The Kier molecular flexibility index (Phi) is 5.32. The topological polar surface area (TPSA) is 87.7 Å². The number of carboxylic acids is 1. The van der Waals surface area contributed by atoms with Gasteiger partial charge in [0.1, 0.15) is 0 Å². The summed E-state index contributed by atoms with van der Waals surface area (Å²) in [6.45, 7) is 7.55. The first-order chi connectivity index (χ1) is 9.66. The van der Waals surface area contributed by atoms with Gasteiger partial charge in [-0.05, 0) is 44.9 Å². The zero-order valence-corrected chi connectivity index (χ0v) is 13.0. The third-order valence-corrected chi connectivity index (χ3v) is 2.91. The molecule has 0 aliphatic heterocycles. The summed E-state index contributed by atoms with van der Waals surface area (Å²) in [6.07, 6.45) is 0. The van der Waals surface area contributed by atoms with Crippen LogP contribution in [0, 0.1) is 13.8 Å². The smallest absolute Gasteiger partial charge is 0.337 e. The van der Waals surface area contributed by atoms with Crippen molar-refractivity contribution >= 4 is 17.7 Å². The van der Waals surface area contributed by atoms with E-state index in [-0.39, 0.29) is 5.56 Å². The van der Waals surface area contributed by atoms with Crippen molar-refractivity contribution < 1.29 is 19.4 Å². The summed E-state index contributed by atoms with van der Waals surface area (Å²) >= 11 is 0. The number of carboxylic acid groups (broad SMARTS) is 1. The van der Waals surface area contributed by atoms with Crippen molar-refractivity contribution in [3.05, 3.63) is 28.8 Å². The van der Waals surface area contributed by atoms with Gasteiger partial charge in [0.05, 0.1) is 23.4 Å². The second-order valence-electron chi connectivity index (χ2n) is 5.71.